The minimum absolute atomic E-state index is 0.833. The quantitative estimate of drug-likeness (QED) is 0.107. The molecule has 0 nitrogen and oxygen atoms in total. The van der Waals surface area contributed by atoms with E-state index < -0.39 is 0 Å². The smallest absolute Gasteiger partial charge is 0.0279 e. The van der Waals surface area contributed by atoms with Crippen LogP contribution in [-0.4, -0.2) is 6.66 Å². The van der Waals surface area contributed by atoms with Gasteiger partial charge in [-0.1, -0.05) is 232 Å². The van der Waals surface area contributed by atoms with Gasteiger partial charge in [0.1, 0.15) is 0 Å². The topological polar surface area (TPSA) is 0 Å². The van der Waals surface area contributed by atoms with E-state index in [0.717, 1.165) is 23.0 Å². The molecule has 0 fully saturated rings. The third kappa shape index (κ3) is 100. The predicted octanol–water partition coefficient (Wildman–Crippen LogP) is 20.2. The summed E-state index contributed by atoms with van der Waals surface area (Å²) in [6, 6.07) is 10.3. The molecule has 1 aromatic carbocycles. The maximum Gasteiger partial charge on any atom is -0.0279 e. The molecule has 1 heteroatoms. The van der Waals surface area contributed by atoms with Crippen molar-refractivity contribution in [1.82, 2.24) is 0 Å². The van der Waals surface area contributed by atoms with Crippen molar-refractivity contribution in [1.29, 1.82) is 0 Å². The van der Waals surface area contributed by atoms with E-state index >= 15 is 0 Å². The minimum atomic E-state index is 0.833. The summed E-state index contributed by atoms with van der Waals surface area (Å²) in [5.41, 5.74) is 9.09. The van der Waals surface area contributed by atoms with Crippen molar-refractivity contribution in [3.8, 4) is 12.8 Å². The SMILES string of the molecule is C#C.C=C(C)/C(C)=C\C1=C(C)CCCC1.C=C(C)C(=C)C.C=CC.CC.CC.CC.CC(C)C.CCCC(C)CC.CCCCC.CP.Cc1ccccc1. The Balaban J connectivity index is -0.0000000537. The van der Waals surface area contributed by atoms with E-state index in [2.05, 4.69) is 150 Å². The number of hydrogen-bond acceptors (Lipinski definition) is 0. The number of unbranched alkanes of at least 4 members (excludes halogenated alkanes) is 2. The zero-order valence-corrected chi connectivity index (χ0v) is 43.5. The van der Waals surface area contributed by atoms with Crippen molar-refractivity contribution >= 4 is 9.24 Å². The van der Waals surface area contributed by atoms with E-state index in [1.54, 1.807) is 17.2 Å². The summed E-state index contributed by atoms with van der Waals surface area (Å²) in [5, 5.41) is 0. The van der Waals surface area contributed by atoms with Crippen molar-refractivity contribution in [2.75, 3.05) is 6.66 Å². The molecule has 2 atom stereocenters. The summed E-state index contributed by atoms with van der Waals surface area (Å²) in [4.78, 5) is 0. The summed E-state index contributed by atoms with van der Waals surface area (Å²) in [7, 11) is 2.42. The van der Waals surface area contributed by atoms with Crippen molar-refractivity contribution in [3.05, 3.63) is 108 Å². The lowest BCUT2D eigenvalue weighted by atomic mass is 9.91. The first-order chi connectivity index (χ1) is 26.0. The average molecular weight is 787 g/mol. The molecule has 328 valence electrons. The first-order valence-electron chi connectivity index (χ1n) is 21.9. The number of aryl methyl sites for hydroxylation is 1. The molecule has 1 aromatic rings. The number of terminal acetylenes is 1. The third-order valence-electron chi connectivity index (χ3n) is 6.71. The Bertz CT molecular complexity index is 904. The van der Waals surface area contributed by atoms with E-state index in [4.69, 9.17) is 0 Å². The Morgan fingerprint density at radius 2 is 1.04 bits per heavy atom. The molecule has 0 spiro atoms. The molecular weight excluding hydrogens is 680 g/mol. The van der Waals surface area contributed by atoms with Crippen LogP contribution in [0.25, 0.3) is 0 Å². The van der Waals surface area contributed by atoms with Crippen molar-refractivity contribution < 1.29 is 0 Å². The van der Waals surface area contributed by atoms with Crippen LogP contribution in [-0.2, 0) is 0 Å². The summed E-state index contributed by atoms with van der Waals surface area (Å²) in [6.07, 6.45) is 25.5. The molecule has 0 aliphatic heterocycles. The van der Waals surface area contributed by atoms with Gasteiger partial charge in [-0.05, 0) is 97.1 Å². The van der Waals surface area contributed by atoms with Crippen LogP contribution in [0.15, 0.2) is 102 Å². The van der Waals surface area contributed by atoms with E-state index in [1.165, 1.54) is 80.9 Å². The summed E-state index contributed by atoms with van der Waals surface area (Å²) >= 11 is 0. The second kappa shape index (κ2) is 76.4. The Kier molecular flexibility index (Phi) is 107. The first kappa shape index (κ1) is 77.2. The van der Waals surface area contributed by atoms with Gasteiger partial charge in [0.2, 0.25) is 0 Å². The molecule has 1 aliphatic carbocycles. The fraction of sp³-hybridized carbons (Fsp3) is 0.630. The molecule has 0 saturated carbocycles. The molecule has 0 aromatic heterocycles. The molecule has 0 amide bonds. The monoisotopic (exact) mass is 787 g/mol. The summed E-state index contributed by atoms with van der Waals surface area (Å²) in [6.45, 7) is 60.6. The fourth-order valence-electron chi connectivity index (χ4n) is 3.24. The highest BCUT2D eigenvalue weighted by Crippen LogP contribution is 2.26. The Morgan fingerprint density at radius 1 is 0.691 bits per heavy atom. The lowest BCUT2D eigenvalue weighted by Gasteiger charge is -2.15. The van der Waals surface area contributed by atoms with Gasteiger partial charge in [0.15, 0.2) is 0 Å². The van der Waals surface area contributed by atoms with Crippen LogP contribution in [0.4, 0.5) is 0 Å². The molecule has 2 rings (SSSR count). The second-order valence-corrected chi connectivity index (χ2v) is 13.1. The lowest BCUT2D eigenvalue weighted by Crippen LogP contribution is -1.95. The van der Waals surface area contributed by atoms with Crippen LogP contribution >= 0.6 is 9.24 Å². The molecule has 2 unspecified atom stereocenters. The largest absolute Gasteiger partial charge is 0.141 e. The molecule has 0 saturated heterocycles. The van der Waals surface area contributed by atoms with Gasteiger partial charge in [0.25, 0.3) is 0 Å². The van der Waals surface area contributed by atoms with Gasteiger partial charge in [-0.3, -0.25) is 0 Å². The number of benzene rings is 1. The molecule has 0 bridgehead atoms. The Hall–Kier alpha value is -2.35. The molecule has 0 radical (unpaired) electrons. The average Bonchev–Trinajstić information content (AvgIpc) is 3.18. The summed E-state index contributed by atoms with van der Waals surface area (Å²) in [5.74, 6) is 1.78. The maximum atomic E-state index is 4.00. The van der Waals surface area contributed by atoms with Crippen LogP contribution in [0.1, 0.15) is 208 Å². The maximum absolute atomic E-state index is 4.00. The highest BCUT2D eigenvalue weighted by molar-refractivity contribution is 7.15. The zero-order valence-electron chi connectivity index (χ0n) is 42.3. The molecule has 0 N–H and O–H groups in total. The second-order valence-electron chi connectivity index (χ2n) is 13.1. The van der Waals surface area contributed by atoms with Crippen molar-refractivity contribution in [2.45, 2.75) is 210 Å². The first-order valence-corrected chi connectivity index (χ1v) is 23.0. The van der Waals surface area contributed by atoms with Gasteiger partial charge in [0.05, 0.1) is 0 Å². The molecule has 1 aliphatic rings. The molecular formula is C54H107P. The van der Waals surface area contributed by atoms with Gasteiger partial charge >= 0.3 is 0 Å². The molecule has 0 heterocycles. The van der Waals surface area contributed by atoms with Gasteiger partial charge < -0.3 is 0 Å². The number of allylic oxidation sites excluding steroid dienone is 8. The van der Waals surface area contributed by atoms with Crippen LogP contribution in [0.3, 0.4) is 0 Å². The predicted molar refractivity (Wildman–Crippen MR) is 276 cm³/mol. The third-order valence-corrected chi connectivity index (χ3v) is 6.71. The minimum Gasteiger partial charge on any atom is -0.141 e. The van der Waals surface area contributed by atoms with E-state index in [9.17, 15) is 0 Å². The van der Waals surface area contributed by atoms with Crippen LogP contribution in [0.2, 0.25) is 0 Å². The standard InChI is InChI=1S/C13H20.C7H8.C7H16.C6H10.C5H12.C4H10.C3H6.3C2H6.C2H2.CH5P/c1-10(2)12(4)9-13-8-6-5-7-11(13)3;1-7-5-3-2-4-6-7;1-4-6-7(3)5-2;1-5(2)6(3)4;1-3-5-4-2;1-4(2)3;1-3-2;5*1-2/h9H,1,5-8H2,2-4H3;2-6H,1H3;7H,4-6H2,1-3H3;1,3H2,2,4H3;3-5H2,1-2H3;4H,1-3H3;3H,1H2,2H3;3*1-2H3;1-2H;2H2,1H3/b12-9-;;;;;;;;;;;. The van der Waals surface area contributed by atoms with Gasteiger partial charge in [-0.25, -0.2) is 0 Å². The van der Waals surface area contributed by atoms with Crippen LogP contribution in [0.5, 0.6) is 0 Å². The normalized spacial score (nSPS) is 10.4. The fourth-order valence-corrected chi connectivity index (χ4v) is 3.24. The van der Waals surface area contributed by atoms with Crippen molar-refractivity contribution in [2.24, 2.45) is 11.8 Å². The van der Waals surface area contributed by atoms with Gasteiger partial charge in [-0.15, -0.1) is 28.7 Å². The van der Waals surface area contributed by atoms with Gasteiger partial charge in [0, 0.05) is 0 Å². The Morgan fingerprint density at radius 3 is 1.22 bits per heavy atom. The highest BCUT2D eigenvalue weighted by Gasteiger charge is 2.07. The van der Waals surface area contributed by atoms with Crippen LogP contribution in [0, 0.1) is 31.6 Å². The number of hydrogen-bond donors (Lipinski definition) is 0. The zero-order chi connectivity index (χ0) is 46.2. The van der Waals surface area contributed by atoms with E-state index in [-0.39, 0.29) is 0 Å². The summed E-state index contributed by atoms with van der Waals surface area (Å²) < 4.78 is 0. The molecule has 55 heavy (non-hydrogen) atoms. The van der Waals surface area contributed by atoms with Crippen molar-refractivity contribution in [3.63, 3.8) is 0 Å². The number of rotatable bonds is 8. The van der Waals surface area contributed by atoms with Crippen LogP contribution < -0.4 is 0 Å². The Labute approximate surface area is 356 Å². The lowest BCUT2D eigenvalue weighted by molar-refractivity contribution is 0.509. The van der Waals surface area contributed by atoms with E-state index in [0.29, 0.717) is 0 Å². The van der Waals surface area contributed by atoms with Gasteiger partial charge in [-0.2, -0.15) is 0 Å². The van der Waals surface area contributed by atoms with E-state index in [1.807, 2.05) is 87.2 Å². The highest BCUT2D eigenvalue weighted by atomic mass is 31.0.